The maximum Gasteiger partial charge on any atom is 0.326 e. The Morgan fingerprint density at radius 1 is 1.12 bits per heavy atom. The van der Waals surface area contributed by atoms with E-state index in [1.54, 1.807) is 0 Å². The van der Waals surface area contributed by atoms with Gasteiger partial charge in [-0.25, -0.2) is 9.18 Å². The van der Waals surface area contributed by atoms with Crippen LogP contribution in [0.1, 0.15) is 44.6 Å². The second-order valence-corrected chi connectivity index (χ2v) is 6.81. The molecule has 2 amide bonds. The average Bonchev–Trinajstić information content (AvgIpc) is 2.61. The zero-order valence-electron chi connectivity index (χ0n) is 14.8. The Balaban J connectivity index is 2.09. The van der Waals surface area contributed by atoms with Gasteiger partial charge in [0, 0.05) is 13.3 Å². The first-order valence-electron chi connectivity index (χ1n) is 8.91. The Morgan fingerprint density at radius 2 is 1.73 bits per heavy atom. The van der Waals surface area contributed by atoms with Gasteiger partial charge in [0.15, 0.2) is 0 Å². The van der Waals surface area contributed by atoms with Gasteiger partial charge in [0.05, 0.1) is 0 Å². The van der Waals surface area contributed by atoms with E-state index in [9.17, 15) is 23.9 Å². The van der Waals surface area contributed by atoms with Gasteiger partial charge in [-0.1, -0.05) is 31.4 Å². The fourth-order valence-electron chi connectivity index (χ4n) is 3.41. The van der Waals surface area contributed by atoms with E-state index in [-0.39, 0.29) is 12.3 Å². The molecule has 1 aromatic rings. The average molecular weight is 364 g/mol. The van der Waals surface area contributed by atoms with Crippen LogP contribution in [0.15, 0.2) is 24.3 Å². The highest BCUT2D eigenvalue weighted by molar-refractivity contribution is 5.90. The smallest absolute Gasteiger partial charge is 0.326 e. The number of carboxylic acid groups (broad SMARTS) is 1. The van der Waals surface area contributed by atoms with Crippen molar-refractivity contribution in [3.05, 3.63) is 35.6 Å². The minimum atomic E-state index is -1.06. The van der Waals surface area contributed by atoms with Gasteiger partial charge < -0.3 is 15.7 Å². The Hall–Kier alpha value is -2.44. The lowest BCUT2D eigenvalue weighted by Crippen LogP contribution is -2.54. The molecule has 1 aliphatic rings. The van der Waals surface area contributed by atoms with E-state index < -0.39 is 35.7 Å². The molecule has 0 unspecified atom stereocenters. The van der Waals surface area contributed by atoms with Crippen molar-refractivity contribution in [3.8, 4) is 0 Å². The molecule has 1 aliphatic carbocycles. The summed E-state index contributed by atoms with van der Waals surface area (Å²) in [6, 6.07) is 3.75. The zero-order chi connectivity index (χ0) is 19.1. The molecule has 1 saturated carbocycles. The standard InChI is InChI=1S/C19H25FN2O4/c1-12(23)21-16(11-13-7-9-15(20)10-8-13)18(24)22-17(19(25)26)14-5-3-2-4-6-14/h7-10,14,16-17H,2-6,11H2,1H3,(H,21,23)(H,22,24)(H,25,26)/t16-,17-/m1/s1. The maximum atomic E-state index is 13.0. The number of carbonyl (C=O) groups is 3. The highest BCUT2D eigenvalue weighted by Crippen LogP contribution is 2.26. The van der Waals surface area contributed by atoms with E-state index in [2.05, 4.69) is 10.6 Å². The number of hydrogen-bond acceptors (Lipinski definition) is 3. The summed E-state index contributed by atoms with van der Waals surface area (Å²) >= 11 is 0. The predicted molar refractivity (Wildman–Crippen MR) is 93.9 cm³/mol. The molecular formula is C19H25FN2O4. The normalized spacial score (nSPS) is 17.2. The highest BCUT2D eigenvalue weighted by Gasteiger charge is 2.32. The molecule has 0 saturated heterocycles. The van der Waals surface area contributed by atoms with E-state index in [0.717, 1.165) is 32.1 Å². The fourth-order valence-corrected chi connectivity index (χ4v) is 3.41. The van der Waals surface area contributed by atoms with Crippen molar-refractivity contribution in [1.29, 1.82) is 0 Å². The maximum absolute atomic E-state index is 13.0. The molecule has 142 valence electrons. The van der Waals surface area contributed by atoms with Gasteiger partial charge in [-0.2, -0.15) is 0 Å². The summed E-state index contributed by atoms with van der Waals surface area (Å²) in [5.74, 6) is -2.49. The summed E-state index contributed by atoms with van der Waals surface area (Å²) in [4.78, 5) is 35.7. The monoisotopic (exact) mass is 364 g/mol. The van der Waals surface area contributed by atoms with Gasteiger partial charge >= 0.3 is 5.97 Å². The lowest BCUT2D eigenvalue weighted by Gasteiger charge is -2.29. The Bertz CT molecular complexity index is 641. The first-order chi connectivity index (χ1) is 12.4. The summed E-state index contributed by atoms with van der Waals surface area (Å²) in [5, 5.41) is 14.7. The molecule has 0 heterocycles. The first kappa shape index (κ1) is 19.9. The summed E-state index contributed by atoms with van der Waals surface area (Å²) in [7, 11) is 0. The largest absolute Gasteiger partial charge is 0.480 e. The second kappa shape index (κ2) is 9.31. The van der Waals surface area contributed by atoms with E-state index >= 15 is 0 Å². The van der Waals surface area contributed by atoms with Crippen LogP contribution >= 0.6 is 0 Å². The Kier molecular flexibility index (Phi) is 7.12. The van der Waals surface area contributed by atoms with Crippen molar-refractivity contribution in [2.75, 3.05) is 0 Å². The van der Waals surface area contributed by atoms with Gasteiger partial charge in [-0.05, 0) is 36.5 Å². The summed E-state index contributed by atoms with van der Waals surface area (Å²) in [5.41, 5.74) is 0.671. The van der Waals surface area contributed by atoms with Crippen LogP contribution in [0.5, 0.6) is 0 Å². The van der Waals surface area contributed by atoms with Crippen LogP contribution in [0.4, 0.5) is 4.39 Å². The summed E-state index contributed by atoms with van der Waals surface area (Å²) < 4.78 is 13.0. The third kappa shape index (κ3) is 5.82. The van der Waals surface area contributed by atoms with E-state index in [0.29, 0.717) is 5.56 Å². The van der Waals surface area contributed by atoms with Gasteiger partial charge in [0.25, 0.3) is 0 Å². The number of benzene rings is 1. The SMILES string of the molecule is CC(=O)N[C@H](Cc1ccc(F)cc1)C(=O)N[C@@H](C(=O)O)C1CCCCC1. The third-order valence-electron chi connectivity index (χ3n) is 4.73. The van der Waals surface area contributed by atoms with E-state index in [1.165, 1.54) is 31.2 Å². The van der Waals surface area contributed by atoms with Crippen LogP contribution in [-0.4, -0.2) is 35.0 Å². The summed E-state index contributed by atoms with van der Waals surface area (Å²) in [6.45, 7) is 1.29. The number of carbonyl (C=O) groups excluding carboxylic acids is 2. The number of rotatable bonds is 7. The van der Waals surface area contributed by atoms with Crippen molar-refractivity contribution in [2.24, 2.45) is 5.92 Å². The fraction of sp³-hybridized carbons (Fsp3) is 0.526. The molecule has 3 N–H and O–H groups in total. The molecule has 7 heteroatoms. The minimum Gasteiger partial charge on any atom is -0.480 e. The Labute approximate surface area is 152 Å². The van der Waals surface area contributed by atoms with E-state index in [4.69, 9.17) is 0 Å². The van der Waals surface area contributed by atoms with Crippen LogP contribution in [-0.2, 0) is 20.8 Å². The molecule has 0 aromatic heterocycles. The predicted octanol–water partition coefficient (Wildman–Crippen LogP) is 2.02. The number of nitrogens with one attached hydrogen (secondary N) is 2. The van der Waals surface area contributed by atoms with Crippen molar-refractivity contribution in [2.45, 2.75) is 57.5 Å². The molecule has 0 radical (unpaired) electrons. The molecule has 0 spiro atoms. The van der Waals surface area contributed by atoms with Crippen LogP contribution in [0, 0.1) is 11.7 Å². The second-order valence-electron chi connectivity index (χ2n) is 6.81. The molecule has 0 bridgehead atoms. The highest BCUT2D eigenvalue weighted by atomic mass is 19.1. The molecule has 1 fully saturated rings. The first-order valence-corrected chi connectivity index (χ1v) is 8.91. The van der Waals surface area contributed by atoms with Crippen molar-refractivity contribution >= 4 is 17.8 Å². The lowest BCUT2D eigenvalue weighted by atomic mass is 9.83. The molecule has 26 heavy (non-hydrogen) atoms. The number of amides is 2. The number of halogens is 1. The van der Waals surface area contributed by atoms with Crippen molar-refractivity contribution in [1.82, 2.24) is 10.6 Å². The molecule has 6 nitrogen and oxygen atoms in total. The number of aliphatic carboxylic acids is 1. The van der Waals surface area contributed by atoms with Crippen LogP contribution in [0.2, 0.25) is 0 Å². The lowest BCUT2D eigenvalue weighted by molar-refractivity contribution is -0.144. The molecule has 0 aliphatic heterocycles. The van der Waals surface area contributed by atoms with Crippen molar-refractivity contribution in [3.63, 3.8) is 0 Å². The third-order valence-corrected chi connectivity index (χ3v) is 4.73. The van der Waals surface area contributed by atoms with Gasteiger partial charge in [-0.3, -0.25) is 9.59 Å². The number of carboxylic acids is 1. The molecule has 2 atom stereocenters. The van der Waals surface area contributed by atoms with Gasteiger partial charge in [0.1, 0.15) is 17.9 Å². The van der Waals surface area contributed by atoms with Crippen LogP contribution in [0.25, 0.3) is 0 Å². The van der Waals surface area contributed by atoms with Crippen molar-refractivity contribution < 1.29 is 23.9 Å². The molecular weight excluding hydrogens is 339 g/mol. The Morgan fingerprint density at radius 3 is 2.27 bits per heavy atom. The topological polar surface area (TPSA) is 95.5 Å². The number of hydrogen-bond donors (Lipinski definition) is 3. The summed E-state index contributed by atoms with van der Waals surface area (Å²) in [6.07, 6.45) is 4.67. The zero-order valence-corrected chi connectivity index (χ0v) is 14.8. The van der Waals surface area contributed by atoms with E-state index in [1.807, 2.05) is 0 Å². The molecule has 1 aromatic carbocycles. The quantitative estimate of drug-likeness (QED) is 0.690. The van der Waals surface area contributed by atoms with Crippen LogP contribution < -0.4 is 10.6 Å². The minimum absolute atomic E-state index is 0.103. The van der Waals surface area contributed by atoms with Gasteiger partial charge in [-0.15, -0.1) is 0 Å². The van der Waals surface area contributed by atoms with Crippen LogP contribution in [0.3, 0.4) is 0 Å². The van der Waals surface area contributed by atoms with Gasteiger partial charge in [0.2, 0.25) is 11.8 Å². The molecule has 2 rings (SSSR count).